The van der Waals surface area contributed by atoms with E-state index in [2.05, 4.69) is 15.3 Å². The first-order valence-electron chi connectivity index (χ1n) is 7.26. The molecule has 0 aliphatic rings. The highest BCUT2D eigenvalue weighted by Crippen LogP contribution is 2.21. The van der Waals surface area contributed by atoms with E-state index in [1.54, 1.807) is 0 Å². The fourth-order valence-electron chi connectivity index (χ4n) is 2.02. The third-order valence-electron chi connectivity index (χ3n) is 3.20. The van der Waals surface area contributed by atoms with Crippen molar-refractivity contribution in [2.45, 2.75) is 44.5 Å². The Morgan fingerprint density at radius 1 is 1.18 bits per heavy atom. The molecule has 1 heterocycles. The number of hydrogen-bond donors (Lipinski definition) is 1. The monoisotopic (exact) mass is 315 g/mol. The number of thioether (sulfide) groups is 1. The first kappa shape index (κ1) is 16.5. The van der Waals surface area contributed by atoms with Gasteiger partial charge in [-0.25, -0.2) is 9.97 Å². The van der Waals surface area contributed by atoms with Crippen LogP contribution < -0.4 is 5.32 Å². The van der Waals surface area contributed by atoms with Crippen LogP contribution in [0.4, 0.5) is 0 Å². The van der Waals surface area contributed by atoms with Crippen LogP contribution in [0.25, 0.3) is 0 Å². The van der Waals surface area contributed by atoms with Gasteiger partial charge >= 0.3 is 0 Å². The van der Waals surface area contributed by atoms with Crippen LogP contribution in [0.5, 0.6) is 0 Å². The minimum Gasteiger partial charge on any atom is -0.351 e. The molecule has 0 saturated heterocycles. The Labute approximate surface area is 135 Å². The van der Waals surface area contributed by atoms with Crippen molar-refractivity contribution in [2.24, 2.45) is 0 Å². The van der Waals surface area contributed by atoms with Crippen LogP contribution in [0.2, 0.25) is 0 Å². The molecule has 1 amide bonds. The van der Waals surface area contributed by atoms with Crippen molar-refractivity contribution in [1.29, 1.82) is 0 Å². The second kappa shape index (κ2) is 7.40. The molecule has 1 unspecified atom stereocenters. The summed E-state index contributed by atoms with van der Waals surface area (Å²) in [6.45, 7) is 8.28. The largest absolute Gasteiger partial charge is 0.351 e. The van der Waals surface area contributed by atoms with E-state index < -0.39 is 0 Å². The highest BCUT2D eigenvalue weighted by atomic mass is 32.2. The number of amides is 1. The fraction of sp³-hybridized carbons (Fsp3) is 0.353. The van der Waals surface area contributed by atoms with Crippen molar-refractivity contribution < 1.29 is 4.79 Å². The van der Waals surface area contributed by atoms with E-state index in [1.807, 2.05) is 58.0 Å². The Hall–Kier alpha value is -1.88. The highest BCUT2D eigenvalue weighted by Gasteiger charge is 2.15. The average Bonchev–Trinajstić information content (AvgIpc) is 2.45. The second-order valence-electron chi connectivity index (χ2n) is 5.36. The Morgan fingerprint density at radius 3 is 2.50 bits per heavy atom. The number of benzene rings is 1. The number of carbonyl (C=O) groups is 1. The van der Waals surface area contributed by atoms with Gasteiger partial charge in [-0.3, -0.25) is 4.79 Å². The molecule has 0 aliphatic carbocycles. The molecule has 1 N–H and O–H groups in total. The third-order valence-corrected chi connectivity index (χ3v) is 4.21. The minimum absolute atomic E-state index is 0.0134. The van der Waals surface area contributed by atoms with Crippen molar-refractivity contribution in [3.63, 3.8) is 0 Å². The van der Waals surface area contributed by atoms with Crippen LogP contribution in [0, 0.1) is 20.8 Å². The maximum absolute atomic E-state index is 12.2. The van der Waals surface area contributed by atoms with Crippen molar-refractivity contribution in [3.05, 3.63) is 53.0 Å². The van der Waals surface area contributed by atoms with Gasteiger partial charge in [0.05, 0.1) is 5.25 Å². The first-order chi connectivity index (χ1) is 10.4. The quantitative estimate of drug-likeness (QED) is 0.680. The van der Waals surface area contributed by atoms with Gasteiger partial charge in [0.2, 0.25) is 5.91 Å². The predicted octanol–water partition coefficient (Wildman–Crippen LogP) is 3.20. The Balaban J connectivity index is 1.90. The molecule has 0 radical (unpaired) electrons. The lowest BCUT2D eigenvalue weighted by Gasteiger charge is -2.12. The van der Waals surface area contributed by atoms with Gasteiger partial charge in [0, 0.05) is 12.2 Å². The number of nitrogens with zero attached hydrogens (tertiary/aromatic N) is 2. The van der Waals surface area contributed by atoms with E-state index in [1.165, 1.54) is 17.3 Å². The Kier molecular flexibility index (Phi) is 5.55. The Morgan fingerprint density at radius 2 is 1.86 bits per heavy atom. The first-order valence-corrected chi connectivity index (χ1v) is 8.14. The van der Waals surface area contributed by atoms with Crippen LogP contribution in [-0.4, -0.2) is 21.1 Å². The zero-order chi connectivity index (χ0) is 16.1. The summed E-state index contributed by atoms with van der Waals surface area (Å²) < 4.78 is 0. The lowest BCUT2D eigenvalue weighted by atomic mass is 10.1. The van der Waals surface area contributed by atoms with Crippen molar-refractivity contribution in [1.82, 2.24) is 15.3 Å². The summed E-state index contributed by atoms with van der Waals surface area (Å²) in [5, 5.41) is 3.61. The molecule has 116 valence electrons. The maximum atomic E-state index is 12.2. The Bertz CT molecular complexity index is 635. The molecule has 0 bridgehead atoms. The molecule has 0 aliphatic heterocycles. The molecule has 0 spiro atoms. The molecular formula is C17H21N3OS. The lowest BCUT2D eigenvalue weighted by molar-refractivity contribution is -0.120. The molecule has 0 saturated carbocycles. The zero-order valence-corrected chi connectivity index (χ0v) is 14.2. The van der Waals surface area contributed by atoms with Gasteiger partial charge in [-0.1, -0.05) is 41.6 Å². The van der Waals surface area contributed by atoms with Gasteiger partial charge in [0.15, 0.2) is 0 Å². The minimum atomic E-state index is -0.195. The van der Waals surface area contributed by atoms with Crippen LogP contribution in [-0.2, 0) is 11.3 Å². The standard InChI is InChI=1S/C17H21N3OS/c1-11-5-7-15(8-6-11)10-18-17(21)13(3)22-16-9-12(2)19-14(4)20-16/h5-9,13H,10H2,1-4H3,(H,18,21). The molecule has 0 fully saturated rings. The number of nitrogens with one attached hydrogen (secondary N) is 1. The van der Waals surface area contributed by atoms with Crippen LogP contribution >= 0.6 is 11.8 Å². The summed E-state index contributed by atoms with van der Waals surface area (Å²) in [5.41, 5.74) is 3.24. The number of aromatic nitrogens is 2. The van der Waals surface area contributed by atoms with Crippen LogP contribution in [0.3, 0.4) is 0 Å². The van der Waals surface area contributed by atoms with E-state index >= 15 is 0 Å². The predicted molar refractivity (Wildman–Crippen MR) is 89.9 cm³/mol. The maximum Gasteiger partial charge on any atom is 0.233 e. The van der Waals surface area contributed by atoms with Crippen molar-refractivity contribution in [3.8, 4) is 0 Å². The summed E-state index contributed by atoms with van der Waals surface area (Å²) in [6.07, 6.45) is 0. The fourth-order valence-corrected chi connectivity index (χ4v) is 2.99. The summed E-state index contributed by atoms with van der Waals surface area (Å²) >= 11 is 1.45. The van der Waals surface area contributed by atoms with E-state index in [4.69, 9.17) is 0 Å². The van der Waals surface area contributed by atoms with E-state index in [-0.39, 0.29) is 11.2 Å². The summed E-state index contributed by atoms with van der Waals surface area (Å²) in [7, 11) is 0. The van der Waals surface area contributed by atoms with Crippen molar-refractivity contribution in [2.75, 3.05) is 0 Å². The third kappa shape index (κ3) is 4.84. The summed E-state index contributed by atoms with van der Waals surface area (Å²) in [5.74, 6) is 0.745. The molecule has 2 aromatic rings. The molecule has 1 aromatic heterocycles. The van der Waals surface area contributed by atoms with Gasteiger partial charge in [0.1, 0.15) is 10.9 Å². The second-order valence-corrected chi connectivity index (χ2v) is 6.72. The SMILES string of the molecule is Cc1ccc(CNC(=O)C(C)Sc2cc(C)nc(C)n2)cc1. The number of aryl methyl sites for hydroxylation is 3. The molecule has 1 atom stereocenters. The lowest BCUT2D eigenvalue weighted by Crippen LogP contribution is -2.30. The molecule has 2 rings (SSSR count). The highest BCUT2D eigenvalue weighted by molar-refractivity contribution is 8.00. The van der Waals surface area contributed by atoms with Gasteiger partial charge in [-0.15, -0.1) is 0 Å². The van der Waals surface area contributed by atoms with Gasteiger partial charge in [-0.2, -0.15) is 0 Å². The van der Waals surface area contributed by atoms with Crippen molar-refractivity contribution >= 4 is 17.7 Å². The molecule has 1 aromatic carbocycles. The molecule has 4 nitrogen and oxygen atoms in total. The number of rotatable bonds is 5. The normalized spacial score (nSPS) is 12.0. The zero-order valence-electron chi connectivity index (χ0n) is 13.4. The average molecular weight is 315 g/mol. The summed E-state index contributed by atoms with van der Waals surface area (Å²) in [6, 6.07) is 10.1. The topological polar surface area (TPSA) is 54.9 Å². The van der Waals surface area contributed by atoms with Gasteiger partial charge < -0.3 is 5.32 Å². The van der Waals surface area contributed by atoms with E-state index in [0.717, 1.165) is 22.1 Å². The number of hydrogen-bond acceptors (Lipinski definition) is 4. The van der Waals surface area contributed by atoms with E-state index in [0.29, 0.717) is 6.54 Å². The van der Waals surface area contributed by atoms with Gasteiger partial charge in [0.25, 0.3) is 0 Å². The smallest absolute Gasteiger partial charge is 0.233 e. The van der Waals surface area contributed by atoms with Crippen LogP contribution in [0.1, 0.15) is 29.6 Å². The molecular weight excluding hydrogens is 294 g/mol. The van der Waals surface area contributed by atoms with Gasteiger partial charge in [-0.05, 0) is 39.3 Å². The van der Waals surface area contributed by atoms with Crippen LogP contribution in [0.15, 0.2) is 35.4 Å². The molecule has 22 heavy (non-hydrogen) atoms. The van der Waals surface area contributed by atoms with E-state index in [9.17, 15) is 4.79 Å². The number of carbonyl (C=O) groups excluding carboxylic acids is 1. The molecule has 5 heteroatoms. The summed E-state index contributed by atoms with van der Waals surface area (Å²) in [4.78, 5) is 20.8.